The van der Waals surface area contributed by atoms with E-state index in [-0.39, 0.29) is 5.95 Å². The largest absolute Gasteiger partial charge is 0.497 e. The predicted octanol–water partition coefficient (Wildman–Crippen LogP) is 2.89. The van der Waals surface area contributed by atoms with Gasteiger partial charge in [-0.1, -0.05) is 6.07 Å². The molecule has 2 amide bonds. The lowest BCUT2D eigenvalue weighted by Gasteiger charge is -2.07. The molecule has 1 aromatic heterocycles. The lowest BCUT2D eigenvalue weighted by atomic mass is 10.3. The summed E-state index contributed by atoms with van der Waals surface area (Å²) >= 11 is 3.21. The highest BCUT2D eigenvalue weighted by Gasteiger charge is 2.05. The second kappa shape index (κ2) is 6.14. The Morgan fingerprint density at radius 2 is 2.00 bits per heavy atom. The Labute approximate surface area is 118 Å². The molecule has 1 aromatic carbocycles. The summed E-state index contributed by atoms with van der Waals surface area (Å²) in [7, 11) is 1.56. The topological polar surface area (TPSA) is 76.1 Å². The third-order valence-electron chi connectivity index (χ3n) is 2.17. The fourth-order valence-electron chi connectivity index (χ4n) is 1.34. The number of carbonyl (C=O) groups is 1. The van der Waals surface area contributed by atoms with Crippen LogP contribution in [0, 0.1) is 0 Å². The number of benzene rings is 1. The van der Waals surface area contributed by atoms with Gasteiger partial charge in [-0.15, -0.1) is 0 Å². The van der Waals surface area contributed by atoms with Crippen LogP contribution in [0.25, 0.3) is 0 Å². The van der Waals surface area contributed by atoms with Crippen molar-refractivity contribution in [2.24, 2.45) is 0 Å². The van der Waals surface area contributed by atoms with E-state index in [0.717, 1.165) is 4.47 Å². The average Bonchev–Trinajstić information content (AvgIpc) is 2.41. The van der Waals surface area contributed by atoms with Gasteiger partial charge in [0, 0.05) is 24.1 Å². The highest BCUT2D eigenvalue weighted by molar-refractivity contribution is 9.10. The van der Waals surface area contributed by atoms with Gasteiger partial charge in [0.05, 0.1) is 11.6 Å². The van der Waals surface area contributed by atoms with Gasteiger partial charge in [0.25, 0.3) is 0 Å². The number of amides is 2. The van der Waals surface area contributed by atoms with Gasteiger partial charge in [-0.25, -0.2) is 14.8 Å². The van der Waals surface area contributed by atoms with Crippen LogP contribution in [0.1, 0.15) is 0 Å². The number of carbonyl (C=O) groups excluding carboxylic acids is 1. The average molecular weight is 323 g/mol. The molecule has 6 nitrogen and oxygen atoms in total. The zero-order valence-corrected chi connectivity index (χ0v) is 11.6. The molecule has 0 aliphatic heterocycles. The molecule has 19 heavy (non-hydrogen) atoms. The van der Waals surface area contributed by atoms with Crippen molar-refractivity contribution in [2.45, 2.75) is 0 Å². The number of aromatic nitrogens is 2. The number of anilines is 2. The van der Waals surface area contributed by atoms with E-state index in [9.17, 15) is 4.79 Å². The van der Waals surface area contributed by atoms with Crippen LogP contribution in [0.4, 0.5) is 16.4 Å². The molecular weight excluding hydrogens is 312 g/mol. The summed E-state index contributed by atoms with van der Waals surface area (Å²) in [4.78, 5) is 19.6. The van der Waals surface area contributed by atoms with Crippen molar-refractivity contribution in [3.63, 3.8) is 0 Å². The Balaban J connectivity index is 1.99. The summed E-state index contributed by atoms with van der Waals surface area (Å²) in [6, 6.07) is 6.62. The summed E-state index contributed by atoms with van der Waals surface area (Å²) < 4.78 is 5.81. The SMILES string of the molecule is COc1cccc(NC(=O)Nc2ncc(Br)cn2)c1. The summed E-state index contributed by atoms with van der Waals surface area (Å²) in [6.45, 7) is 0. The van der Waals surface area contributed by atoms with E-state index < -0.39 is 6.03 Å². The predicted molar refractivity (Wildman–Crippen MR) is 75.4 cm³/mol. The van der Waals surface area contributed by atoms with Crippen molar-refractivity contribution < 1.29 is 9.53 Å². The molecule has 0 saturated heterocycles. The maximum atomic E-state index is 11.7. The quantitative estimate of drug-likeness (QED) is 0.911. The second-order valence-corrected chi connectivity index (χ2v) is 4.45. The van der Waals surface area contributed by atoms with Crippen LogP contribution in [-0.4, -0.2) is 23.1 Å². The standard InChI is InChI=1S/C12H11BrN4O2/c1-19-10-4-2-3-9(5-10)16-12(18)17-11-14-6-8(13)7-15-11/h2-7H,1H3,(H2,14,15,16,17,18). The Morgan fingerprint density at radius 1 is 1.26 bits per heavy atom. The van der Waals surface area contributed by atoms with Gasteiger partial charge in [0.2, 0.25) is 5.95 Å². The van der Waals surface area contributed by atoms with E-state index in [1.165, 1.54) is 0 Å². The Hall–Kier alpha value is -2.15. The third kappa shape index (κ3) is 3.92. The monoisotopic (exact) mass is 322 g/mol. The van der Waals surface area contributed by atoms with E-state index in [2.05, 4.69) is 36.5 Å². The Kier molecular flexibility index (Phi) is 4.30. The van der Waals surface area contributed by atoms with Crippen LogP contribution >= 0.6 is 15.9 Å². The van der Waals surface area contributed by atoms with Crippen LogP contribution < -0.4 is 15.4 Å². The summed E-state index contributed by atoms with van der Waals surface area (Å²) in [5.41, 5.74) is 0.619. The van der Waals surface area contributed by atoms with Crippen molar-refractivity contribution in [1.82, 2.24) is 9.97 Å². The zero-order valence-electron chi connectivity index (χ0n) is 10.1. The number of nitrogens with one attached hydrogen (secondary N) is 2. The number of halogens is 1. The molecule has 0 saturated carbocycles. The molecule has 2 aromatic rings. The van der Waals surface area contributed by atoms with Crippen molar-refractivity contribution >= 4 is 33.6 Å². The molecule has 0 spiro atoms. The first kappa shape index (κ1) is 13.3. The number of hydrogen-bond donors (Lipinski definition) is 2. The third-order valence-corrected chi connectivity index (χ3v) is 2.58. The minimum absolute atomic E-state index is 0.226. The molecule has 0 unspecified atom stereocenters. The van der Waals surface area contributed by atoms with E-state index in [0.29, 0.717) is 11.4 Å². The van der Waals surface area contributed by atoms with Crippen LogP contribution in [0.5, 0.6) is 5.75 Å². The molecule has 7 heteroatoms. The molecular formula is C12H11BrN4O2. The van der Waals surface area contributed by atoms with Crippen molar-refractivity contribution in [3.05, 3.63) is 41.1 Å². The van der Waals surface area contributed by atoms with E-state index in [1.54, 1.807) is 43.8 Å². The smallest absolute Gasteiger partial charge is 0.326 e. The fourth-order valence-corrected chi connectivity index (χ4v) is 1.55. The first-order chi connectivity index (χ1) is 9.17. The lowest BCUT2D eigenvalue weighted by Crippen LogP contribution is -2.20. The number of urea groups is 1. The van der Waals surface area contributed by atoms with Gasteiger partial charge >= 0.3 is 6.03 Å². The van der Waals surface area contributed by atoms with Gasteiger partial charge in [-0.3, -0.25) is 5.32 Å². The van der Waals surface area contributed by atoms with Gasteiger partial charge in [0.1, 0.15) is 5.75 Å². The van der Waals surface area contributed by atoms with Gasteiger partial charge in [-0.2, -0.15) is 0 Å². The summed E-state index contributed by atoms with van der Waals surface area (Å²) in [5, 5.41) is 5.18. The number of methoxy groups -OCH3 is 1. The molecule has 1 heterocycles. The van der Waals surface area contributed by atoms with Gasteiger partial charge in [0.15, 0.2) is 0 Å². The maximum absolute atomic E-state index is 11.7. The molecule has 0 radical (unpaired) electrons. The molecule has 0 bridgehead atoms. The van der Waals surface area contributed by atoms with Crippen LogP contribution in [-0.2, 0) is 0 Å². The normalized spacial score (nSPS) is 9.79. The molecule has 0 aliphatic carbocycles. The van der Waals surface area contributed by atoms with Crippen LogP contribution in [0.3, 0.4) is 0 Å². The number of ether oxygens (including phenoxy) is 1. The highest BCUT2D eigenvalue weighted by Crippen LogP contribution is 2.16. The molecule has 98 valence electrons. The Morgan fingerprint density at radius 3 is 2.68 bits per heavy atom. The minimum atomic E-state index is -0.421. The Bertz CT molecular complexity index is 574. The first-order valence-electron chi connectivity index (χ1n) is 5.37. The highest BCUT2D eigenvalue weighted by atomic mass is 79.9. The number of rotatable bonds is 3. The maximum Gasteiger partial charge on any atom is 0.326 e. The van der Waals surface area contributed by atoms with E-state index >= 15 is 0 Å². The summed E-state index contributed by atoms with van der Waals surface area (Å²) in [5.74, 6) is 0.890. The molecule has 0 aliphatic rings. The van der Waals surface area contributed by atoms with Gasteiger partial charge < -0.3 is 10.1 Å². The molecule has 0 atom stereocenters. The van der Waals surface area contributed by atoms with Crippen molar-refractivity contribution in [1.29, 1.82) is 0 Å². The molecule has 2 N–H and O–H groups in total. The van der Waals surface area contributed by atoms with E-state index in [1.807, 2.05) is 0 Å². The van der Waals surface area contributed by atoms with Crippen molar-refractivity contribution in [3.8, 4) is 5.75 Å². The van der Waals surface area contributed by atoms with Crippen LogP contribution in [0.15, 0.2) is 41.1 Å². The first-order valence-corrected chi connectivity index (χ1v) is 6.16. The lowest BCUT2D eigenvalue weighted by molar-refractivity contribution is 0.262. The number of nitrogens with zero attached hydrogens (tertiary/aromatic N) is 2. The fraction of sp³-hybridized carbons (Fsp3) is 0.0833. The molecule has 0 fully saturated rings. The summed E-state index contributed by atoms with van der Waals surface area (Å²) in [6.07, 6.45) is 3.10. The van der Waals surface area contributed by atoms with Gasteiger partial charge in [-0.05, 0) is 28.1 Å². The minimum Gasteiger partial charge on any atom is -0.497 e. The zero-order chi connectivity index (χ0) is 13.7. The van der Waals surface area contributed by atoms with Crippen molar-refractivity contribution in [2.75, 3.05) is 17.7 Å². The molecule has 2 rings (SSSR count). The van der Waals surface area contributed by atoms with Crippen LogP contribution in [0.2, 0.25) is 0 Å². The number of hydrogen-bond acceptors (Lipinski definition) is 4. The van der Waals surface area contributed by atoms with E-state index in [4.69, 9.17) is 4.74 Å². The second-order valence-electron chi connectivity index (χ2n) is 3.54.